The highest BCUT2D eigenvalue weighted by molar-refractivity contribution is 9.10. The van der Waals surface area contributed by atoms with E-state index in [4.69, 9.17) is 5.11 Å². The van der Waals surface area contributed by atoms with Crippen LogP contribution in [-0.2, 0) is 0 Å². The van der Waals surface area contributed by atoms with Gasteiger partial charge in [0.15, 0.2) is 0 Å². The maximum Gasteiger partial charge on any atom is 0.289 e. The summed E-state index contributed by atoms with van der Waals surface area (Å²) in [7, 11) is 0. The second-order valence-electron chi connectivity index (χ2n) is 3.72. The van der Waals surface area contributed by atoms with Crippen molar-refractivity contribution in [2.24, 2.45) is 0 Å². The van der Waals surface area contributed by atoms with Crippen LogP contribution in [0.3, 0.4) is 0 Å². The Hall–Kier alpha value is -1.01. The molecule has 1 aromatic rings. The molecule has 0 aliphatic rings. The molecule has 1 aromatic heterocycles. The zero-order chi connectivity index (χ0) is 11.5. The number of amides is 1. The van der Waals surface area contributed by atoms with E-state index < -0.39 is 11.4 Å². The van der Waals surface area contributed by atoms with Gasteiger partial charge in [-0.15, -0.1) is 0 Å². The molecule has 0 unspecified atom stereocenters. The molecule has 1 amide bonds. The first-order chi connectivity index (χ1) is 6.94. The van der Waals surface area contributed by atoms with Crippen molar-refractivity contribution in [2.75, 3.05) is 6.61 Å². The molecule has 0 aliphatic heterocycles. The van der Waals surface area contributed by atoms with E-state index in [1.54, 1.807) is 13.8 Å². The number of nitrogens with one attached hydrogen (secondary N) is 1. The van der Waals surface area contributed by atoms with Crippen LogP contribution in [0, 0.1) is 0 Å². The SMILES string of the molecule is CC(C)(CO)NC(=O)c1ncc(Br)cn1. The lowest BCUT2D eigenvalue weighted by atomic mass is 10.1. The molecule has 6 heteroatoms. The third-order valence-corrected chi connectivity index (χ3v) is 2.08. The van der Waals surface area contributed by atoms with Crippen molar-refractivity contribution >= 4 is 21.8 Å². The van der Waals surface area contributed by atoms with Gasteiger partial charge in [0.2, 0.25) is 5.82 Å². The average molecular weight is 274 g/mol. The highest BCUT2D eigenvalue weighted by Crippen LogP contribution is 2.06. The van der Waals surface area contributed by atoms with Gasteiger partial charge in [-0.05, 0) is 29.8 Å². The monoisotopic (exact) mass is 273 g/mol. The molecule has 1 rings (SSSR count). The molecule has 0 fully saturated rings. The third kappa shape index (κ3) is 3.56. The Kier molecular flexibility index (Phi) is 3.76. The van der Waals surface area contributed by atoms with Crippen LogP contribution < -0.4 is 5.32 Å². The molecule has 5 nitrogen and oxygen atoms in total. The van der Waals surface area contributed by atoms with Crippen molar-refractivity contribution in [3.8, 4) is 0 Å². The average Bonchev–Trinajstić information content (AvgIpc) is 2.18. The van der Waals surface area contributed by atoms with E-state index in [2.05, 4.69) is 31.2 Å². The fraction of sp³-hybridized carbons (Fsp3) is 0.444. The van der Waals surface area contributed by atoms with Crippen molar-refractivity contribution in [1.82, 2.24) is 15.3 Å². The van der Waals surface area contributed by atoms with Gasteiger partial charge in [0.25, 0.3) is 5.91 Å². The van der Waals surface area contributed by atoms with Crippen molar-refractivity contribution in [2.45, 2.75) is 19.4 Å². The first-order valence-electron chi connectivity index (χ1n) is 4.35. The lowest BCUT2D eigenvalue weighted by Crippen LogP contribution is -2.46. The number of halogens is 1. The van der Waals surface area contributed by atoms with Crippen LogP contribution in [0.15, 0.2) is 16.9 Å². The molecular formula is C9H12BrN3O2. The molecule has 0 atom stereocenters. The summed E-state index contributed by atoms with van der Waals surface area (Å²) in [6.07, 6.45) is 2.99. The lowest BCUT2D eigenvalue weighted by Gasteiger charge is -2.22. The molecule has 15 heavy (non-hydrogen) atoms. The molecule has 0 saturated heterocycles. The number of carbonyl (C=O) groups excluding carboxylic acids is 1. The van der Waals surface area contributed by atoms with E-state index >= 15 is 0 Å². The number of hydrogen-bond acceptors (Lipinski definition) is 4. The van der Waals surface area contributed by atoms with Gasteiger partial charge in [0.1, 0.15) is 0 Å². The topological polar surface area (TPSA) is 75.1 Å². The molecule has 0 spiro atoms. The molecule has 0 aliphatic carbocycles. The number of aromatic nitrogens is 2. The Morgan fingerprint density at radius 2 is 2.07 bits per heavy atom. The van der Waals surface area contributed by atoms with Crippen molar-refractivity contribution in [3.63, 3.8) is 0 Å². The minimum Gasteiger partial charge on any atom is -0.394 e. The van der Waals surface area contributed by atoms with Gasteiger partial charge in [-0.25, -0.2) is 9.97 Å². The van der Waals surface area contributed by atoms with Crippen molar-refractivity contribution in [1.29, 1.82) is 0 Å². The molecule has 0 saturated carbocycles. The van der Waals surface area contributed by atoms with Crippen LogP contribution in [0.25, 0.3) is 0 Å². The van der Waals surface area contributed by atoms with E-state index in [1.165, 1.54) is 12.4 Å². The van der Waals surface area contributed by atoms with Crippen molar-refractivity contribution in [3.05, 3.63) is 22.7 Å². The maximum absolute atomic E-state index is 11.6. The molecule has 82 valence electrons. The second-order valence-corrected chi connectivity index (χ2v) is 4.64. The van der Waals surface area contributed by atoms with Gasteiger partial charge in [-0.2, -0.15) is 0 Å². The zero-order valence-corrected chi connectivity index (χ0v) is 10.1. The fourth-order valence-electron chi connectivity index (χ4n) is 0.832. The smallest absolute Gasteiger partial charge is 0.289 e. The Morgan fingerprint density at radius 1 is 1.53 bits per heavy atom. The van der Waals surface area contributed by atoms with E-state index in [9.17, 15) is 4.79 Å². The normalized spacial score (nSPS) is 11.2. The van der Waals surface area contributed by atoms with Gasteiger partial charge < -0.3 is 10.4 Å². The Balaban J connectivity index is 2.74. The molecule has 0 radical (unpaired) electrons. The Labute approximate surface area is 96.1 Å². The Morgan fingerprint density at radius 3 is 2.53 bits per heavy atom. The largest absolute Gasteiger partial charge is 0.394 e. The molecule has 0 bridgehead atoms. The maximum atomic E-state index is 11.6. The summed E-state index contributed by atoms with van der Waals surface area (Å²) < 4.78 is 0.709. The second kappa shape index (κ2) is 4.67. The fourth-order valence-corrected chi connectivity index (χ4v) is 1.04. The highest BCUT2D eigenvalue weighted by Gasteiger charge is 2.21. The summed E-state index contributed by atoms with van der Waals surface area (Å²) in [5.74, 6) is -0.318. The summed E-state index contributed by atoms with van der Waals surface area (Å²) in [6.45, 7) is 3.28. The van der Waals surface area contributed by atoms with E-state index in [0.29, 0.717) is 4.47 Å². The summed E-state index contributed by atoms with van der Waals surface area (Å²) in [6, 6.07) is 0. The number of hydrogen-bond donors (Lipinski definition) is 2. The number of aliphatic hydroxyl groups is 1. The lowest BCUT2D eigenvalue weighted by molar-refractivity contribution is 0.0858. The number of nitrogens with zero attached hydrogens (tertiary/aromatic N) is 2. The van der Waals surface area contributed by atoms with Crippen LogP contribution in [-0.4, -0.2) is 33.1 Å². The van der Waals surface area contributed by atoms with E-state index in [-0.39, 0.29) is 12.4 Å². The van der Waals surface area contributed by atoms with Gasteiger partial charge in [0, 0.05) is 12.4 Å². The van der Waals surface area contributed by atoms with Crippen molar-refractivity contribution < 1.29 is 9.90 Å². The predicted molar refractivity (Wildman–Crippen MR) is 58.4 cm³/mol. The standard InChI is InChI=1S/C9H12BrN3O2/c1-9(2,5-14)13-8(15)7-11-3-6(10)4-12-7/h3-4,14H,5H2,1-2H3,(H,13,15). The summed E-state index contributed by atoms with van der Waals surface area (Å²) in [5, 5.41) is 11.6. The predicted octanol–water partition coefficient (Wildman–Crippen LogP) is 0.740. The van der Waals surface area contributed by atoms with E-state index in [1.807, 2.05) is 0 Å². The summed E-state index contributed by atoms with van der Waals surface area (Å²) >= 11 is 3.17. The molecule has 1 heterocycles. The molecule has 2 N–H and O–H groups in total. The minimum atomic E-state index is -0.673. The number of rotatable bonds is 3. The van der Waals surface area contributed by atoms with Gasteiger partial charge in [-0.3, -0.25) is 4.79 Å². The molecular weight excluding hydrogens is 262 g/mol. The van der Waals surface area contributed by atoms with Crippen LogP contribution in [0.1, 0.15) is 24.5 Å². The quantitative estimate of drug-likeness (QED) is 0.852. The zero-order valence-electron chi connectivity index (χ0n) is 8.49. The Bertz CT molecular complexity index is 351. The number of aliphatic hydroxyl groups excluding tert-OH is 1. The van der Waals surface area contributed by atoms with Gasteiger partial charge in [-0.1, -0.05) is 0 Å². The van der Waals surface area contributed by atoms with Crippen LogP contribution in [0.4, 0.5) is 0 Å². The molecule has 0 aromatic carbocycles. The van der Waals surface area contributed by atoms with Crippen LogP contribution in [0.2, 0.25) is 0 Å². The number of carbonyl (C=O) groups is 1. The third-order valence-electron chi connectivity index (χ3n) is 1.67. The van der Waals surface area contributed by atoms with Crippen LogP contribution >= 0.6 is 15.9 Å². The highest BCUT2D eigenvalue weighted by atomic mass is 79.9. The first kappa shape index (κ1) is 12.1. The van der Waals surface area contributed by atoms with Crippen LogP contribution in [0.5, 0.6) is 0 Å². The van der Waals surface area contributed by atoms with Gasteiger partial charge in [0.05, 0.1) is 16.6 Å². The minimum absolute atomic E-state index is 0.0831. The summed E-state index contributed by atoms with van der Waals surface area (Å²) in [5.41, 5.74) is -0.673. The van der Waals surface area contributed by atoms with E-state index in [0.717, 1.165) is 0 Å². The van der Waals surface area contributed by atoms with Gasteiger partial charge >= 0.3 is 0 Å². The first-order valence-corrected chi connectivity index (χ1v) is 5.15. The summed E-state index contributed by atoms with van der Waals surface area (Å²) in [4.78, 5) is 19.3.